The molecule has 3 atom stereocenters. The summed E-state index contributed by atoms with van der Waals surface area (Å²) in [5.74, 6) is 0. The van der Waals surface area contributed by atoms with Gasteiger partial charge in [-0.05, 0) is 32.2 Å². The van der Waals surface area contributed by atoms with Gasteiger partial charge < -0.3 is 15.2 Å². The highest BCUT2D eigenvalue weighted by Crippen LogP contribution is 2.35. The van der Waals surface area contributed by atoms with Gasteiger partial charge in [0.15, 0.2) is 0 Å². The van der Waals surface area contributed by atoms with Crippen molar-refractivity contribution in [2.45, 2.75) is 50.2 Å². The summed E-state index contributed by atoms with van der Waals surface area (Å²) in [6, 6.07) is 1.37. The Bertz CT molecular complexity index is 335. The number of hydrogen-bond donors (Lipinski definition) is 2. The third-order valence-electron chi connectivity index (χ3n) is 5.71. The third kappa shape index (κ3) is 3.42. The van der Waals surface area contributed by atoms with Gasteiger partial charge in [-0.1, -0.05) is 6.92 Å². The number of morpholine rings is 1. The molecule has 0 aromatic rings. The Morgan fingerprint density at radius 1 is 1.14 bits per heavy atom. The minimum absolute atomic E-state index is 0.0174. The predicted octanol–water partition coefficient (Wildman–Crippen LogP) is 0.286. The monoisotopic (exact) mass is 297 g/mol. The lowest BCUT2D eigenvalue weighted by atomic mass is 9.98. The highest BCUT2D eigenvalue weighted by atomic mass is 16.5. The van der Waals surface area contributed by atoms with E-state index in [1.165, 1.54) is 25.9 Å². The van der Waals surface area contributed by atoms with Crippen LogP contribution in [0.1, 0.15) is 32.6 Å². The maximum atomic E-state index is 9.76. The molecule has 0 spiro atoms. The maximum absolute atomic E-state index is 9.76. The summed E-state index contributed by atoms with van der Waals surface area (Å²) in [7, 11) is 0. The highest BCUT2D eigenvalue weighted by molar-refractivity contribution is 5.01. The van der Waals surface area contributed by atoms with Crippen LogP contribution >= 0.6 is 0 Å². The molecule has 1 saturated carbocycles. The van der Waals surface area contributed by atoms with Crippen LogP contribution < -0.4 is 5.32 Å². The van der Waals surface area contributed by atoms with E-state index in [4.69, 9.17) is 4.74 Å². The normalized spacial score (nSPS) is 39.1. The van der Waals surface area contributed by atoms with E-state index in [1.54, 1.807) is 0 Å². The molecule has 122 valence electrons. The van der Waals surface area contributed by atoms with E-state index < -0.39 is 0 Å². The molecule has 3 rings (SSSR count). The van der Waals surface area contributed by atoms with Gasteiger partial charge >= 0.3 is 0 Å². The molecule has 2 heterocycles. The first-order valence-corrected chi connectivity index (χ1v) is 8.68. The molecule has 3 unspecified atom stereocenters. The summed E-state index contributed by atoms with van der Waals surface area (Å²) in [5, 5.41) is 13.3. The Labute approximate surface area is 128 Å². The predicted molar refractivity (Wildman–Crippen MR) is 83.5 cm³/mol. The van der Waals surface area contributed by atoms with Gasteiger partial charge in [0.1, 0.15) is 0 Å². The van der Waals surface area contributed by atoms with Crippen molar-refractivity contribution < 1.29 is 9.84 Å². The van der Waals surface area contributed by atoms with Crippen LogP contribution in [-0.4, -0.2) is 85.1 Å². The smallest absolute Gasteiger partial charge is 0.0613 e. The summed E-state index contributed by atoms with van der Waals surface area (Å²) in [6.07, 6.45) is 4.74. The van der Waals surface area contributed by atoms with Gasteiger partial charge in [-0.2, -0.15) is 0 Å². The van der Waals surface area contributed by atoms with Crippen molar-refractivity contribution in [2.75, 3.05) is 52.5 Å². The number of hydrogen-bond acceptors (Lipinski definition) is 5. The number of likely N-dealkylation sites (tertiary alicyclic amines) is 1. The average Bonchev–Trinajstić information content (AvgIpc) is 3.16. The number of nitrogens with zero attached hydrogens (tertiary/aromatic N) is 2. The topological polar surface area (TPSA) is 48.0 Å². The molecule has 5 nitrogen and oxygen atoms in total. The number of ether oxygens (including phenoxy) is 1. The third-order valence-corrected chi connectivity index (χ3v) is 5.71. The van der Waals surface area contributed by atoms with E-state index in [-0.39, 0.29) is 12.1 Å². The van der Waals surface area contributed by atoms with Gasteiger partial charge in [-0.25, -0.2) is 0 Å². The zero-order valence-corrected chi connectivity index (χ0v) is 13.4. The van der Waals surface area contributed by atoms with Crippen LogP contribution in [0.4, 0.5) is 0 Å². The number of nitrogens with one attached hydrogen (secondary N) is 1. The Morgan fingerprint density at radius 3 is 2.67 bits per heavy atom. The minimum Gasteiger partial charge on any atom is -0.394 e. The quantitative estimate of drug-likeness (QED) is 0.764. The van der Waals surface area contributed by atoms with Gasteiger partial charge in [0.2, 0.25) is 0 Å². The van der Waals surface area contributed by atoms with Crippen molar-refractivity contribution in [1.82, 2.24) is 15.1 Å². The zero-order chi connectivity index (χ0) is 14.7. The van der Waals surface area contributed by atoms with Crippen LogP contribution in [0.25, 0.3) is 0 Å². The summed E-state index contributed by atoms with van der Waals surface area (Å²) in [5.41, 5.74) is -0.0174. The standard InChI is InChI=1S/C16H31N3O2/c1-2-17-16(13-20)5-3-14(11-16)19-6-4-15(12-19)18-7-9-21-10-8-18/h14-15,17,20H,2-13H2,1H3. The Hall–Kier alpha value is -0.200. The van der Waals surface area contributed by atoms with Crippen molar-refractivity contribution in [3.05, 3.63) is 0 Å². The van der Waals surface area contributed by atoms with Crippen molar-refractivity contribution in [1.29, 1.82) is 0 Å². The van der Waals surface area contributed by atoms with E-state index in [9.17, 15) is 5.11 Å². The number of likely N-dealkylation sites (N-methyl/N-ethyl adjacent to an activating group) is 1. The molecule has 3 aliphatic rings. The second-order valence-corrected chi connectivity index (χ2v) is 6.95. The van der Waals surface area contributed by atoms with E-state index in [2.05, 4.69) is 22.0 Å². The molecule has 2 aliphatic heterocycles. The Morgan fingerprint density at radius 2 is 1.95 bits per heavy atom. The fourth-order valence-electron chi connectivity index (χ4n) is 4.49. The van der Waals surface area contributed by atoms with Gasteiger partial charge in [0, 0.05) is 43.8 Å². The van der Waals surface area contributed by atoms with Gasteiger partial charge in [0.25, 0.3) is 0 Å². The number of aliphatic hydroxyl groups excluding tert-OH is 1. The summed E-state index contributed by atoms with van der Waals surface area (Å²) in [6.45, 7) is 9.78. The SMILES string of the molecule is CCNC1(CO)CCC(N2CCC(N3CCOCC3)C2)C1. The molecular weight excluding hydrogens is 266 g/mol. The summed E-state index contributed by atoms with van der Waals surface area (Å²) in [4.78, 5) is 5.29. The van der Waals surface area contributed by atoms with Gasteiger partial charge in [-0.3, -0.25) is 9.80 Å². The fourth-order valence-corrected chi connectivity index (χ4v) is 4.49. The van der Waals surface area contributed by atoms with Crippen molar-refractivity contribution >= 4 is 0 Å². The lowest BCUT2D eigenvalue weighted by Crippen LogP contribution is -2.48. The average molecular weight is 297 g/mol. The van der Waals surface area contributed by atoms with Crippen molar-refractivity contribution in [2.24, 2.45) is 0 Å². The first-order valence-electron chi connectivity index (χ1n) is 8.68. The number of rotatable bonds is 5. The molecule has 1 aliphatic carbocycles. The van der Waals surface area contributed by atoms with Crippen LogP contribution in [0, 0.1) is 0 Å². The molecule has 2 saturated heterocycles. The summed E-state index contributed by atoms with van der Waals surface area (Å²) < 4.78 is 5.46. The molecular formula is C16H31N3O2. The molecule has 21 heavy (non-hydrogen) atoms. The lowest BCUT2D eigenvalue weighted by molar-refractivity contribution is 0.0175. The van der Waals surface area contributed by atoms with Crippen LogP contribution in [-0.2, 0) is 4.74 Å². The molecule has 3 fully saturated rings. The Kier molecular flexibility index (Phi) is 5.17. The number of aliphatic hydroxyl groups is 1. The largest absolute Gasteiger partial charge is 0.394 e. The first kappa shape index (κ1) is 15.7. The summed E-state index contributed by atoms with van der Waals surface area (Å²) >= 11 is 0. The van der Waals surface area contributed by atoms with E-state index in [0.717, 1.165) is 51.7 Å². The molecule has 0 amide bonds. The molecule has 0 aromatic heterocycles. The van der Waals surface area contributed by atoms with Crippen LogP contribution in [0.15, 0.2) is 0 Å². The molecule has 0 bridgehead atoms. The van der Waals surface area contributed by atoms with E-state index in [0.29, 0.717) is 6.04 Å². The molecule has 5 heteroatoms. The second kappa shape index (κ2) is 6.92. The maximum Gasteiger partial charge on any atom is 0.0613 e. The first-order chi connectivity index (χ1) is 10.3. The van der Waals surface area contributed by atoms with Crippen LogP contribution in [0.5, 0.6) is 0 Å². The lowest BCUT2D eigenvalue weighted by Gasteiger charge is -2.33. The minimum atomic E-state index is -0.0174. The van der Waals surface area contributed by atoms with Gasteiger partial charge in [0.05, 0.1) is 19.8 Å². The van der Waals surface area contributed by atoms with E-state index >= 15 is 0 Å². The molecule has 2 N–H and O–H groups in total. The van der Waals surface area contributed by atoms with Crippen molar-refractivity contribution in [3.8, 4) is 0 Å². The highest BCUT2D eigenvalue weighted by Gasteiger charge is 2.42. The van der Waals surface area contributed by atoms with Crippen LogP contribution in [0.3, 0.4) is 0 Å². The van der Waals surface area contributed by atoms with E-state index in [1.807, 2.05) is 0 Å². The second-order valence-electron chi connectivity index (χ2n) is 6.95. The molecule has 0 aromatic carbocycles. The van der Waals surface area contributed by atoms with Crippen LogP contribution in [0.2, 0.25) is 0 Å². The Balaban J connectivity index is 1.52. The fraction of sp³-hybridized carbons (Fsp3) is 1.00. The molecule has 0 radical (unpaired) electrons. The zero-order valence-electron chi connectivity index (χ0n) is 13.4. The van der Waals surface area contributed by atoms with Gasteiger partial charge in [-0.15, -0.1) is 0 Å². The van der Waals surface area contributed by atoms with Crippen molar-refractivity contribution in [3.63, 3.8) is 0 Å².